The zero-order chi connectivity index (χ0) is 28.8. The molecule has 0 aromatic heterocycles. The van der Waals surface area contributed by atoms with Gasteiger partial charge in [0.1, 0.15) is 23.2 Å². The molecule has 4 rings (SSSR count). The molecule has 1 aliphatic rings. The number of nitrogens with one attached hydrogen (secondary N) is 3. The van der Waals surface area contributed by atoms with Crippen LogP contribution in [0.3, 0.4) is 0 Å². The SMILES string of the molecule is C#Cc1ccc(NC(=O)c2cc(OC)ccc2NC(=O)c2ccc(C(=N)N3CCC(C(C)=O)CC3)cc2F)cc1.O. The van der Waals surface area contributed by atoms with Crippen LogP contribution in [-0.2, 0) is 4.79 Å². The van der Waals surface area contributed by atoms with Crippen LogP contribution in [0.15, 0.2) is 60.7 Å². The number of nitrogens with zero attached hydrogens (tertiary/aromatic N) is 1. The predicted molar refractivity (Wildman–Crippen MR) is 155 cm³/mol. The van der Waals surface area contributed by atoms with Crippen LogP contribution in [0.5, 0.6) is 5.75 Å². The first-order chi connectivity index (χ1) is 19.2. The topological polar surface area (TPSA) is 143 Å². The number of hydrogen-bond acceptors (Lipinski definition) is 5. The van der Waals surface area contributed by atoms with Gasteiger partial charge in [0.05, 0.1) is 23.9 Å². The van der Waals surface area contributed by atoms with Crippen LogP contribution in [0.25, 0.3) is 0 Å². The highest BCUT2D eigenvalue weighted by Crippen LogP contribution is 2.25. The number of amides is 2. The summed E-state index contributed by atoms with van der Waals surface area (Å²) in [6.45, 7) is 2.64. The second-order valence-electron chi connectivity index (χ2n) is 9.46. The minimum absolute atomic E-state index is 0. The fraction of sp³-hybridized carbons (Fsp3) is 0.226. The van der Waals surface area contributed by atoms with Crippen molar-refractivity contribution in [3.8, 4) is 18.1 Å². The number of amidine groups is 1. The normalized spacial score (nSPS) is 12.9. The fourth-order valence-electron chi connectivity index (χ4n) is 4.52. The number of hydrogen-bond donors (Lipinski definition) is 3. The molecular formula is C31H31FN4O5. The minimum Gasteiger partial charge on any atom is -0.497 e. The lowest BCUT2D eigenvalue weighted by atomic mass is 9.93. The van der Waals surface area contributed by atoms with E-state index in [2.05, 4.69) is 16.6 Å². The molecule has 3 aromatic rings. The van der Waals surface area contributed by atoms with Gasteiger partial charge < -0.3 is 25.7 Å². The molecule has 1 fully saturated rings. The Morgan fingerprint density at radius 2 is 1.63 bits per heavy atom. The second-order valence-corrected chi connectivity index (χ2v) is 9.46. The van der Waals surface area contributed by atoms with E-state index >= 15 is 4.39 Å². The summed E-state index contributed by atoms with van der Waals surface area (Å²) in [5.74, 6) is 1.10. The zero-order valence-electron chi connectivity index (χ0n) is 22.7. The van der Waals surface area contributed by atoms with E-state index < -0.39 is 17.6 Å². The highest BCUT2D eigenvalue weighted by atomic mass is 19.1. The molecule has 0 radical (unpaired) electrons. The molecule has 10 heteroatoms. The quantitative estimate of drug-likeness (QED) is 0.227. The fourth-order valence-corrected chi connectivity index (χ4v) is 4.52. The van der Waals surface area contributed by atoms with Crippen LogP contribution in [0.4, 0.5) is 15.8 Å². The number of halogens is 1. The Morgan fingerprint density at radius 3 is 2.22 bits per heavy atom. The summed E-state index contributed by atoms with van der Waals surface area (Å²) in [6, 6.07) is 15.2. The molecule has 1 heterocycles. The van der Waals surface area contributed by atoms with E-state index in [0.29, 0.717) is 48.5 Å². The Balaban J connectivity index is 0.00000462. The zero-order valence-corrected chi connectivity index (χ0v) is 22.7. The van der Waals surface area contributed by atoms with Gasteiger partial charge in [-0.05, 0) is 74.4 Å². The lowest BCUT2D eigenvalue weighted by Gasteiger charge is -2.32. The van der Waals surface area contributed by atoms with Crippen molar-refractivity contribution in [2.24, 2.45) is 5.92 Å². The van der Waals surface area contributed by atoms with Gasteiger partial charge >= 0.3 is 0 Å². The summed E-state index contributed by atoms with van der Waals surface area (Å²) < 4.78 is 20.3. The standard InChI is InChI=1S/C31H29FN4O4.H2O/c1-4-20-5-8-23(9-6-20)34-31(39)26-18-24(40-3)10-12-28(26)35-30(38)25-11-7-22(17-27(25)32)29(33)36-15-13-21(14-16-36)19(2)37;/h1,5-12,17-18,21,33H,13-16H2,2-3H3,(H,34,39)(H,35,38);1H2. The van der Waals surface area contributed by atoms with Crippen LogP contribution in [0.1, 0.15) is 51.6 Å². The molecule has 0 atom stereocenters. The summed E-state index contributed by atoms with van der Waals surface area (Å²) in [6.07, 6.45) is 6.67. The average molecular weight is 559 g/mol. The number of ketones is 1. The van der Waals surface area contributed by atoms with Crippen molar-refractivity contribution in [2.45, 2.75) is 19.8 Å². The second kappa shape index (κ2) is 13.4. The smallest absolute Gasteiger partial charge is 0.258 e. The van der Waals surface area contributed by atoms with Crippen LogP contribution < -0.4 is 15.4 Å². The third-order valence-corrected chi connectivity index (χ3v) is 6.90. The van der Waals surface area contributed by atoms with Gasteiger partial charge in [-0.15, -0.1) is 6.42 Å². The number of ether oxygens (including phenoxy) is 1. The number of terminal acetylenes is 1. The molecule has 9 nitrogen and oxygen atoms in total. The summed E-state index contributed by atoms with van der Waals surface area (Å²) in [7, 11) is 1.45. The maximum absolute atomic E-state index is 15.1. The van der Waals surface area contributed by atoms with Gasteiger partial charge in [0, 0.05) is 35.8 Å². The van der Waals surface area contributed by atoms with Crippen molar-refractivity contribution in [2.75, 3.05) is 30.8 Å². The number of carbonyl (C=O) groups is 3. The average Bonchev–Trinajstić information content (AvgIpc) is 2.97. The number of rotatable bonds is 7. The lowest BCUT2D eigenvalue weighted by molar-refractivity contribution is -0.121. The Bertz CT molecular complexity index is 1510. The Kier molecular flexibility index (Phi) is 9.95. The molecule has 212 valence electrons. The number of carbonyl (C=O) groups excluding carboxylic acids is 3. The monoisotopic (exact) mass is 558 g/mol. The van der Waals surface area contributed by atoms with Crippen molar-refractivity contribution in [3.05, 3.63) is 88.7 Å². The molecule has 2 amide bonds. The summed E-state index contributed by atoms with van der Waals surface area (Å²) >= 11 is 0. The van der Waals surface area contributed by atoms with E-state index in [-0.39, 0.29) is 39.8 Å². The highest BCUT2D eigenvalue weighted by molar-refractivity contribution is 6.13. The Morgan fingerprint density at radius 1 is 0.976 bits per heavy atom. The van der Waals surface area contributed by atoms with E-state index in [1.54, 1.807) is 42.2 Å². The van der Waals surface area contributed by atoms with Gasteiger partial charge in [-0.25, -0.2) is 4.39 Å². The maximum Gasteiger partial charge on any atom is 0.258 e. The molecule has 0 bridgehead atoms. The number of Topliss-reactive ketones (excluding diaryl/α,β-unsaturated/α-hetero) is 1. The van der Waals surface area contributed by atoms with Crippen molar-refractivity contribution in [1.82, 2.24) is 4.90 Å². The number of piperidine rings is 1. The summed E-state index contributed by atoms with van der Waals surface area (Å²) in [5.41, 5.74) is 1.52. The number of likely N-dealkylation sites (tertiary alicyclic amines) is 1. The van der Waals surface area contributed by atoms with Crippen molar-refractivity contribution in [3.63, 3.8) is 0 Å². The van der Waals surface area contributed by atoms with Crippen LogP contribution >= 0.6 is 0 Å². The molecule has 3 aromatic carbocycles. The predicted octanol–water partition coefficient (Wildman–Crippen LogP) is 4.12. The number of anilines is 2. The van der Waals surface area contributed by atoms with Gasteiger partial charge in [0.25, 0.3) is 11.8 Å². The molecule has 0 spiro atoms. The highest BCUT2D eigenvalue weighted by Gasteiger charge is 2.25. The van der Waals surface area contributed by atoms with Gasteiger partial charge in [-0.1, -0.05) is 12.0 Å². The van der Waals surface area contributed by atoms with Crippen LogP contribution in [0.2, 0.25) is 0 Å². The largest absolute Gasteiger partial charge is 0.497 e. The first-order valence-electron chi connectivity index (χ1n) is 12.7. The van der Waals surface area contributed by atoms with Gasteiger partial charge in [0.15, 0.2) is 0 Å². The van der Waals surface area contributed by atoms with Crippen LogP contribution in [0, 0.1) is 29.5 Å². The van der Waals surface area contributed by atoms with Crippen LogP contribution in [-0.4, -0.2) is 54.0 Å². The lowest BCUT2D eigenvalue weighted by Crippen LogP contribution is -2.40. The molecule has 1 aliphatic heterocycles. The van der Waals surface area contributed by atoms with Crippen molar-refractivity contribution in [1.29, 1.82) is 5.41 Å². The third kappa shape index (κ3) is 7.15. The van der Waals surface area contributed by atoms with E-state index in [4.69, 9.17) is 16.6 Å². The van der Waals surface area contributed by atoms with E-state index in [1.165, 1.54) is 31.4 Å². The molecule has 1 saturated heterocycles. The van der Waals surface area contributed by atoms with E-state index in [1.807, 2.05) is 0 Å². The van der Waals surface area contributed by atoms with Gasteiger partial charge in [-0.2, -0.15) is 0 Å². The Labute approximate surface area is 237 Å². The van der Waals surface area contributed by atoms with Crippen molar-refractivity contribution >= 4 is 34.8 Å². The van der Waals surface area contributed by atoms with Gasteiger partial charge in [0.2, 0.25) is 0 Å². The number of benzene rings is 3. The first-order valence-corrected chi connectivity index (χ1v) is 12.7. The maximum atomic E-state index is 15.1. The Hall–Kier alpha value is -5.01. The molecule has 5 N–H and O–H groups in total. The molecule has 0 saturated carbocycles. The molecule has 41 heavy (non-hydrogen) atoms. The molecule has 0 aliphatic carbocycles. The number of methoxy groups -OCH3 is 1. The summed E-state index contributed by atoms with van der Waals surface area (Å²) in [5, 5.41) is 13.9. The molecule has 0 unspecified atom stereocenters. The van der Waals surface area contributed by atoms with Crippen molar-refractivity contribution < 1.29 is 29.0 Å². The first kappa shape index (κ1) is 30.5. The summed E-state index contributed by atoms with van der Waals surface area (Å²) in [4.78, 5) is 39.6. The van der Waals surface area contributed by atoms with E-state index in [0.717, 1.165) is 6.07 Å². The third-order valence-electron chi connectivity index (χ3n) is 6.90. The van der Waals surface area contributed by atoms with Gasteiger partial charge in [-0.3, -0.25) is 19.8 Å². The molecular weight excluding hydrogens is 527 g/mol. The van der Waals surface area contributed by atoms with E-state index in [9.17, 15) is 14.4 Å². The minimum atomic E-state index is -0.800.